The van der Waals surface area contributed by atoms with Crippen LogP contribution in [0.1, 0.15) is 33.6 Å². The molecule has 29 heavy (non-hydrogen) atoms. The largest absolute Gasteiger partial charge is 0.455 e. The van der Waals surface area contributed by atoms with Gasteiger partial charge in [-0.25, -0.2) is 4.79 Å². The molecule has 154 valence electrons. The van der Waals surface area contributed by atoms with Crippen molar-refractivity contribution in [2.24, 2.45) is 5.41 Å². The van der Waals surface area contributed by atoms with Crippen LogP contribution in [0.15, 0.2) is 30.5 Å². The first kappa shape index (κ1) is 20.5. The summed E-state index contributed by atoms with van der Waals surface area (Å²) >= 11 is 0. The number of fused-ring (bicyclic) bond motifs is 1. The Hall–Kier alpha value is -3.23. The zero-order valence-corrected chi connectivity index (χ0v) is 16.6. The Morgan fingerprint density at radius 1 is 1.31 bits per heavy atom. The monoisotopic (exact) mass is 401 g/mol. The number of non-ortho nitro benzene ring substituents is 1. The number of likely N-dealkylation sites (tertiary alicyclic amines) is 1. The summed E-state index contributed by atoms with van der Waals surface area (Å²) in [5.74, 6) is -0.351. The van der Waals surface area contributed by atoms with Gasteiger partial charge < -0.3 is 14.4 Å². The van der Waals surface area contributed by atoms with Gasteiger partial charge in [0.1, 0.15) is 17.3 Å². The Bertz CT molecular complexity index is 953. The maximum Gasteiger partial charge on any atom is 0.331 e. The van der Waals surface area contributed by atoms with Crippen LogP contribution in [0.2, 0.25) is 0 Å². The highest BCUT2D eigenvalue weighted by atomic mass is 16.7. The first-order valence-electron chi connectivity index (χ1n) is 9.33. The summed E-state index contributed by atoms with van der Waals surface area (Å²) in [5, 5.41) is 11.5. The van der Waals surface area contributed by atoms with E-state index in [9.17, 15) is 19.7 Å². The molecule has 0 radical (unpaired) electrons. The van der Waals surface area contributed by atoms with Crippen LogP contribution in [-0.2, 0) is 14.3 Å². The number of esters is 1. The lowest BCUT2D eigenvalue weighted by Gasteiger charge is -2.29. The van der Waals surface area contributed by atoms with Crippen LogP contribution < -0.4 is 4.74 Å². The minimum absolute atomic E-state index is 0.0836. The van der Waals surface area contributed by atoms with Gasteiger partial charge in [-0.05, 0) is 31.0 Å². The normalized spacial score (nSPS) is 16.7. The fourth-order valence-electron chi connectivity index (χ4n) is 3.34. The fourth-order valence-corrected chi connectivity index (χ4v) is 3.34. The van der Waals surface area contributed by atoms with Gasteiger partial charge in [0, 0.05) is 24.2 Å². The summed E-state index contributed by atoms with van der Waals surface area (Å²) in [6, 6.07) is 5.29. The van der Waals surface area contributed by atoms with Gasteiger partial charge in [0.05, 0.1) is 10.3 Å². The van der Waals surface area contributed by atoms with E-state index in [0.29, 0.717) is 23.9 Å². The van der Waals surface area contributed by atoms with Crippen molar-refractivity contribution in [3.8, 4) is 5.75 Å². The number of benzene rings is 1. The number of rotatable bonds is 5. The van der Waals surface area contributed by atoms with Crippen LogP contribution in [0, 0.1) is 15.5 Å². The van der Waals surface area contributed by atoms with Crippen molar-refractivity contribution in [1.82, 2.24) is 9.88 Å². The fraction of sp³-hybridized carbons (Fsp3) is 0.450. The van der Waals surface area contributed by atoms with E-state index in [-0.39, 0.29) is 24.1 Å². The number of ether oxygens (including phenoxy) is 2. The van der Waals surface area contributed by atoms with Crippen LogP contribution in [0.25, 0.3) is 10.9 Å². The summed E-state index contributed by atoms with van der Waals surface area (Å²) in [6.45, 7) is 5.58. The lowest BCUT2D eigenvalue weighted by Crippen LogP contribution is -2.46. The highest BCUT2D eigenvalue weighted by Gasteiger charge is 2.39. The summed E-state index contributed by atoms with van der Waals surface area (Å²) < 4.78 is 10.7. The number of pyridine rings is 1. The topological polar surface area (TPSA) is 112 Å². The first-order valence-corrected chi connectivity index (χ1v) is 9.33. The average molecular weight is 401 g/mol. The van der Waals surface area contributed by atoms with Crippen molar-refractivity contribution in [1.29, 1.82) is 0 Å². The minimum Gasteiger partial charge on any atom is -0.455 e. The summed E-state index contributed by atoms with van der Waals surface area (Å²) in [5.41, 5.74) is -0.356. The molecule has 0 spiro atoms. The van der Waals surface area contributed by atoms with Crippen molar-refractivity contribution < 1.29 is 24.0 Å². The number of amides is 1. The highest BCUT2D eigenvalue weighted by molar-refractivity contribution is 5.92. The van der Waals surface area contributed by atoms with E-state index in [2.05, 4.69) is 4.98 Å². The number of carbonyl (C=O) groups is 2. The van der Waals surface area contributed by atoms with Gasteiger partial charge in [0.15, 0.2) is 0 Å². The van der Waals surface area contributed by atoms with E-state index >= 15 is 0 Å². The smallest absolute Gasteiger partial charge is 0.331 e. The summed E-state index contributed by atoms with van der Waals surface area (Å²) in [4.78, 5) is 41.4. The number of carbonyl (C=O) groups excluding carboxylic acids is 2. The van der Waals surface area contributed by atoms with E-state index in [1.165, 1.54) is 18.3 Å². The third-order valence-electron chi connectivity index (χ3n) is 4.75. The molecule has 9 nitrogen and oxygen atoms in total. The quantitative estimate of drug-likeness (QED) is 0.327. The van der Waals surface area contributed by atoms with Crippen LogP contribution >= 0.6 is 0 Å². The molecule has 0 unspecified atom stereocenters. The van der Waals surface area contributed by atoms with Crippen molar-refractivity contribution in [2.75, 3.05) is 13.3 Å². The van der Waals surface area contributed by atoms with E-state index in [0.717, 1.165) is 6.42 Å². The SMILES string of the molecule is CC(C)(C)C(=O)N1CCC[C@H]1C(=O)OCOc1ccc([N+](=O)[O-])c2cccnc12. The zero-order valence-electron chi connectivity index (χ0n) is 16.6. The third kappa shape index (κ3) is 4.28. The highest BCUT2D eigenvalue weighted by Crippen LogP contribution is 2.31. The molecule has 0 saturated carbocycles. The Morgan fingerprint density at radius 3 is 2.76 bits per heavy atom. The molecule has 0 N–H and O–H groups in total. The van der Waals surface area contributed by atoms with Gasteiger partial charge in [-0.15, -0.1) is 0 Å². The van der Waals surface area contributed by atoms with Crippen molar-refractivity contribution in [3.05, 3.63) is 40.6 Å². The Labute approximate surface area is 167 Å². The van der Waals surface area contributed by atoms with Gasteiger partial charge in [-0.2, -0.15) is 0 Å². The van der Waals surface area contributed by atoms with Crippen LogP contribution in [-0.4, -0.2) is 46.1 Å². The van der Waals surface area contributed by atoms with Gasteiger partial charge in [-0.3, -0.25) is 19.9 Å². The van der Waals surface area contributed by atoms with E-state index < -0.39 is 22.3 Å². The van der Waals surface area contributed by atoms with Crippen molar-refractivity contribution >= 4 is 28.5 Å². The second-order valence-electron chi connectivity index (χ2n) is 7.87. The molecule has 1 amide bonds. The molecule has 1 aromatic carbocycles. The molecule has 1 aliphatic rings. The van der Waals surface area contributed by atoms with Gasteiger partial charge in [0.25, 0.3) is 5.69 Å². The molecule has 0 aliphatic carbocycles. The van der Waals surface area contributed by atoms with E-state index in [4.69, 9.17) is 9.47 Å². The zero-order chi connectivity index (χ0) is 21.2. The van der Waals surface area contributed by atoms with E-state index in [1.54, 1.807) is 17.0 Å². The van der Waals surface area contributed by atoms with Crippen LogP contribution in [0.5, 0.6) is 5.75 Å². The van der Waals surface area contributed by atoms with E-state index in [1.807, 2.05) is 20.8 Å². The Morgan fingerprint density at radius 2 is 2.07 bits per heavy atom. The maximum absolute atomic E-state index is 12.5. The molecule has 2 aromatic rings. The molecule has 1 aliphatic heterocycles. The predicted octanol–water partition coefficient (Wildman–Crippen LogP) is 3.06. The number of aromatic nitrogens is 1. The third-order valence-corrected chi connectivity index (χ3v) is 4.75. The lowest BCUT2D eigenvalue weighted by molar-refractivity contribution is -0.383. The molecule has 1 atom stereocenters. The number of nitro groups is 1. The Balaban J connectivity index is 1.67. The summed E-state index contributed by atoms with van der Waals surface area (Å²) in [6.07, 6.45) is 2.78. The van der Waals surface area contributed by atoms with Gasteiger partial charge in [-0.1, -0.05) is 20.8 Å². The average Bonchev–Trinajstić information content (AvgIpc) is 3.16. The predicted molar refractivity (Wildman–Crippen MR) is 104 cm³/mol. The number of nitro benzene ring substituents is 1. The molecular weight excluding hydrogens is 378 g/mol. The molecule has 3 rings (SSSR count). The molecule has 9 heteroatoms. The molecule has 1 aromatic heterocycles. The van der Waals surface area contributed by atoms with Gasteiger partial charge >= 0.3 is 5.97 Å². The molecule has 2 heterocycles. The lowest BCUT2D eigenvalue weighted by atomic mass is 9.94. The van der Waals surface area contributed by atoms with Crippen LogP contribution in [0.4, 0.5) is 5.69 Å². The molecular formula is C20H23N3O6. The Kier molecular flexibility index (Phi) is 5.67. The number of hydrogen-bond acceptors (Lipinski definition) is 7. The number of nitrogens with zero attached hydrogens (tertiary/aromatic N) is 3. The van der Waals surface area contributed by atoms with Crippen LogP contribution in [0.3, 0.4) is 0 Å². The second kappa shape index (κ2) is 8.02. The standard InChI is InChI=1S/C20H23N3O6/c1-20(2,3)19(25)22-11-5-7-15(22)18(24)29-12-28-16-9-8-14(23(26)27)13-6-4-10-21-17(13)16/h4,6,8-10,15H,5,7,11-12H2,1-3H3/t15-/m0/s1. The summed E-state index contributed by atoms with van der Waals surface area (Å²) in [7, 11) is 0. The molecule has 0 bridgehead atoms. The second-order valence-corrected chi connectivity index (χ2v) is 7.87. The number of hydrogen-bond donors (Lipinski definition) is 0. The first-order chi connectivity index (χ1) is 13.7. The van der Waals surface area contributed by atoms with Crippen molar-refractivity contribution in [3.63, 3.8) is 0 Å². The maximum atomic E-state index is 12.5. The van der Waals surface area contributed by atoms with Gasteiger partial charge in [0.2, 0.25) is 12.7 Å². The van der Waals surface area contributed by atoms with Crippen molar-refractivity contribution in [2.45, 2.75) is 39.7 Å². The molecule has 1 saturated heterocycles. The molecule has 1 fully saturated rings. The minimum atomic E-state index is -0.628.